The summed E-state index contributed by atoms with van der Waals surface area (Å²) in [4.78, 5) is 33.6. The summed E-state index contributed by atoms with van der Waals surface area (Å²) in [6.45, 7) is 5.67. The Balaban J connectivity index is 5.14. The van der Waals surface area contributed by atoms with Gasteiger partial charge in [0.2, 0.25) is 0 Å². The smallest absolute Gasteiger partial charge is 0.460 e. The molecule has 0 rings (SSSR count). The molecular weight excluding hydrogens is 392 g/mol. The summed E-state index contributed by atoms with van der Waals surface area (Å²) in [7, 11) is 0. The first kappa shape index (κ1) is 24.3. The highest BCUT2D eigenvalue weighted by molar-refractivity contribution is 5.82. The summed E-state index contributed by atoms with van der Waals surface area (Å²) in [5.74, 6) is -7.97. The molecule has 1 unspecified atom stereocenters. The monoisotopic (exact) mass is 407 g/mol. The van der Waals surface area contributed by atoms with Gasteiger partial charge in [-0.25, -0.2) is 14.4 Å². The van der Waals surface area contributed by atoms with Crippen molar-refractivity contribution in [3.8, 4) is 0 Å². The first-order valence-electron chi connectivity index (χ1n) is 6.84. The Kier molecular flexibility index (Phi) is 8.34. The molecule has 0 heterocycles. The number of carbonyl (C=O) groups is 3. The Bertz CT molecular complexity index is 567. The summed E-state index contributed by atoms with van der Waals surface area (Å²) in [5, 5.41) is 1.68. The minimum Gasteiger partial charge on any atom is -0.460 e. The van der Waals surface area contributed by atoms with Gasteiger partial charge in [0.05, 0.1) is 0 Å². The molecule has 0 spiro atoms. The van der Waals surface area contributed by atoms with Gasteiger partial charge in [0.25, 0.3) is 0 Å². The first-order valence-corrected chi connectivity index (χ1v) is 6.84. The third kappa shape index (κ3) is 7.58. The molecular formula is C14H15F6NO6. The van der Waals surface area contributed by atoms with E-state index in [2.05, 4.69) is 27.4 Å². The van der Waals surface area contributed by atoms with Crippen LogP contribution in [0.15, 0.2) is 25.3 Å². The van der Waals surface area contributed by atoms with E-state index in [1.807, 2.05) is 0 Å². The molecule has 0 aromatic rings. The van der Waals surface area contributed by atoms with E-state index in [4.69, 9.17) is 0 Å². The van der Waals surface area contributed by atoms with Crippen LogP contribution in [0, 0.1) is 0 Å². The molecule has 0 saturated heterocycles. The summed E-state index contributed by atoms with van der Waals surface area (Å²) in [5.41, 5.74) is -1.87. The predicted octanol–water partition coefficient (Wildman–Crippen LogP) is 2.42. The Morgan fingerprint density at radius 3 is 1.74 bits per heavy atom. The van der Waals surface area contributed by atoms with Crippen LogP contribution in [0.4, 0.5) is 31.1 Å². The van der Waals surface area contributed by atoms with E-state index in [0.29, 0.717) is 0 Å². The zero-order valence-corrected chi connectivity index (χ0v) is 13.8. The van der Waals surface area contributed by atoms with E-state index in [1.165, 1.54) is 0 Å². The van der Waals surface area contributed by atoms with Crippen molar-refractivity contribution < 1.29 is 54.9 Å². The quantitative estimate of drug-likeness (QED) is 0.273. The number of halogens is 6. The maximum Gasteiger partial charge on any atom is 0.460 e. The largest absolute Gasteiger partial charge is 0.460 e. The van der Waals surface area contributed by atoms with E-state index in [-0.39, 0.29) is 0 Å². The number of esters is 2. The highest BCUT2D eigenvalue weighted by Crippen LogP contribution is 2.39. The standard InChI is InChI=1S/C14H15F6NO6/c1-4-8(22)25-6-12(3,7-26-9(23)5-2)21-11(24)27-10(15)13(16,17)14(18,19)20/h4-5,10H,1-2,6-7H2,3H3,(H,21,24). The van der Waals surface area contributed by atoms with E-state index >= 15 is 0 Å². The highest BCUT2D eigenvalue weighted by Gasteiger charge is 2.65. The average molecular weight is 407 g/mol. The zero-order valence-electron chi connectivity index (χ0n) is 13.8. The average Bonchev–Trinajstić information content (AvgIpc) is 2.56. The van der Waals surface area contributed by atoms with E-state index in [1.54, 1.807) is 5.32 Å². The Morgan fingerprint density at radius 2 is 1.41 bits per heavy atom. The van der Waals surface area contributed by atoms with Crippen LogP contribution in [-0.4, -0.2) is 55.2 Å². The Hall–Kier alpha value is -2.73. The summed E-state index contributed by atoms with van der Waals surface area (Å²) >= 11 is 0. The van der Waals surface area contributed by atoms with Crippen molar-refractivity contribution in [2.24, 2.45) is 0 Å². The number of nitrogens with one attached hydrogen (secondary N) is 1. The Labute approximate surface area is 148 Å². The molecule has 1 amide bonds. The molecule has 0 aliphatic carbocycles. The van der Waals surface area contributed by atoms with Crippen molar-refractivity contribution in [2.75, 3.05) is 13.2 Å². The minimum atomic E-state index is -6.31. The van der Waals surface area contributed by atoms with Crippen LogP contribution in [0.3, 0.4) is 0 Å². The second-order valence-corrected chi connectivity index (χ2v) is 5.15. The number of carbonyl (C=O) groups excluding carboxylic acids is 3. The van der Waals surface area contributed by atoms with Gasteiger partial charge in [-0.05, 0) is 6.92 Å². The van der Waals surface area contributed by atoms with Gasteiger partial charge in [-0.2, -0.15) is 26.3 Å². The first-order chi connectivity index (χ1) is 12.2. The minimum absolute atomic E-state index is 0.718. The van der Waals surface area contributed by atoms with E-state index < -0.39 is 55.2 Å². The maximum atomic E-state index is 13.1. The topological polar surface area (TPSA) is 90.9 Å². The molecule has 0 aromatic heterocycles. The lowest BCUT2D eigenvalue weighted by atomic mass is 10.1. The molecule has 0 aliphatic heterocycles. The van der Waals surface area contributed by atoms with Crippen LogP contribution in [0.2, 0.25) is 0 Å². The second kappa shape index (κ2) is 9.28. The number of hydrogen-bond acceptors (Lipinski definition) is 6. The SMILES string of the molecule is C=CC(=O)OCC(C)(COC(=O)C=C)NC(=O)OC(F)C(F)(F)C(F)(F)F. The third-order valence-corrected chi connectivity index (χ3v) is 2.68. The van der Waals surface area contributed by atoms with Crippen molar-refractivity contribution in [1.29, 1.82) is 0 Å². The van der Waals surface area contributed by atoms with Crippen LogP contribution in [0.1, 0.15) is 6.92 Å². The molecule has 1 N–H and O–H groups in total. The molecule has 0 aliphatic rings. The lowest BCUT2D eigenvalue weighted by molar-refractivity contribution is -0.332. The number of hydrogen-bond donors (Lipinski definition) is 1. The van der Waals surface area contributed by atoms with Gasteiger partial charge >= 0.3 is 36.5 Å². The summed E-state index contributed by atoms with van der Waals surface area (Å²) < 4.78 is 87.3. The normalized spacial score (nSPS) is 13.1. The van der Waals surface area contributed by atoms with Gasteiger partial charge in [0.15, 0.2) is 0 Å². The van der Waals surface area contributed by atoms with Crippen molar-refractivity contribution >= 4 is 18.0 Å². The van der Waals surface area contributed by atoms with Gasteiger partial charge in [-0.15, -0.1) is 0 Å². The number of alkyl carbamates (subject to hydrolysis) is 1. The fourth-order valence-corrected chi connectivity index (χ4v) is 1.27. The highest BCUT2D eigenvalue weighted by atomic mass is 19.4. The zero-order chi connectivity index (χ0) is 21.5. The molecule has 13 heteroatoms. The number of rotatable bonds is 9. The summed E-state index contributed by atoms with van der Waals surface area (Å²) in [6, 6.07) is 0. The van der Waals surface area contributed by atoms with Gasteiger partial charge in [0.1, 0.15) is 18.8 Å². The van der Waals surface area contributed by atoms with Crippen LogP contribution >= 0.6 is 0 Å². The fourth-order valence-electron chi connectivity index (χ4n) is 1.27. The van der Waals surface area contributed by atoms with Crippen LogP contribution < -0.4 is 5.32 Å². The summed E-state index contributed by atoms with van der Waals surface area (Å²) in [6.07, 6.45) is -11.3. The van der Waals surface area contributed by atoms with Gasteiger partial charge in [0, 0.05) is 12.2 Å². The molecule has 0 saturated carbocycles. The van der Waals surface area contributed by atoms with Crippen LogP contribution in [0.25, 0.3) is 0 Å². The molecule has 1 atom stereocenters. The van der Waals surface area contributed by atoms with Gasteiger partial charge < -0.3 is 19.5 Å². The Morgan fingerprint density at radius 1 is 1.00 bits per heavy atom. The molecule has 0 bridgehead atoms. The van der Waals surface area contributed by atoms with Crippen molar-refractivity contribution in [1.82, 2.24) is 5.32 Å². The lowest BCUT2D eigenvalue weighted by Gasteiger charge is -2.30. The second-order valence-electron chi connectivity index (χ2n) is 5.15. The number of amides is 1. The molecule has 0 fully saturated rings. The molecule has 0 radical (unpaired) electrons. The van der Waals surface area contributed by atoms with Crippen molar-refractivity contribution in [2.45, 2.75) is 30.9 Å². The number of alkyl halides is 6. The predicted molar refractivity (Wildman–Crippen MR) is 76.2 cm³/mol. The van der Waals surface area contributed by atoms with E-state index in [9.17, 15) is 40.7 Å². The van der Waals surface area contributed by atoms with Crippen LogP contribution in [0.5, 0.6) is 0 Å². The molecule has 7 nitrogen and oxygen atoms in total. The fraction of sp³-hybridized carbons (Fsp3) is 0.500. The molecule has 154 valence electrons. The molecule has 27 heavy (non-hydrogen) atoms. The maximum absolute atomic E-state index is 13.1. The van der Waals surface area contributed by atoms with Gasteiger partial charge in [-0.3, -0.25) is 0 Å². The number of ether oxygens (including phenoxy) is 3. The lowest BCUT2D eigenvalue weighted by Crippen LogP contribution is -2.55. The molecule has 0 aromatic carbocycles. The van der Waals surface area contributed by atoms with Gasteiger partial charge in [-0.1, -0.05) is 13.2 Å². The van der Waals surface area contributed by atoms with Crippen molar-refractivity contribution in [3.63, 3.8) is 0 Å². The van der Waals surface area contributed by atoms with E-state index in [0.717, 1.165) is 19.1 Å². The third-order valence-electron chi connectivity index (χ3n) is 2.68. The van der Waals surface area contributed by atoms with Crippen molar-refractivity contribution in [3.05, 3.63) is 25.3 Å². The van der Waals surface area contributed by atoms with Crippen LogP contribution in [-0.2, 0) is 23.8 Å².